The van der Waals surface area contributed by atoms with Gasteiger partial charge in [-0.15, -0.1) is 0 Å². The quantitative estimate of drug-likeness (QED) is 0.800. The summed E-state index contributed by atoms with van der Waals surface area (Å²) in [7, 11) is -4.19. The van der Waals surface area contributed by atoms with Crippen molar-refractivity contribution in [3.8, 4) is 0 Å². The van der Waals surface area contributed by atoms with Crippen molar-refractivity contribution in [2.24, 2.45) is 0 Å². The van der Waals surface area contributed by atoms with E-state index in [1.165, 1.54) is 19.1 Å². The second-order valence-electron chi connectivity index (χ2n) is 5.86. The molecule has 0 aliphatic rings. The van der Waals surface area contributed by atoms with Gasteiger partial charge in [0.2, 0.25) is 5.91 Å². The van der Waals surface area contributed by atoms with Crippen molar-refractivity contribution in [3.63, 3.8) is 0 Å². The van der Waals surface area contributed by atoms with Crippen LogP contribution in [0.2, 0.25) is 0 Å². The number of hydrogen-bond donors (Lipinski definition) is 1. The van der Waals surface area contributed by atoms with Gasteiger partial charge in [0.15, 0.2) is 0 Å². The molecule has 0 heterocycles. The Morgan fingerprint density at radius 3 is 2.37 bits per heavy atom. The number of carbonyl (C=O) groups excluding carboxylic acids is 1. The third kappa shape index (κ3) is 5.46. The maximum atomic E-state index is 12.8. The van der Waals surface area contributed by atoms with E-state index in [1.807, 2.05) is 6.92 Å². The molecule has 0 radical (unpaired) electrons. The number of anilines is 1. The lowest BCUT2D eigenvalue weighted by Crippen LogP contribution is -2.27. The minimum atomic E-state index is -4.64. The van der Waals surface area contributed by atoms with Crippen LogP contribution >= 0.6 is 0 Å². The number of alkyl halides is 3. The van der Waals surface area contributed by atoms with Crippen molar-refractivity contribution >= 4 is 21.6 Å². The van der Waals surface area contributed by atoms with Crippen LogP contribution in [-0.2, 0) is 27.5 Å². The number of sulfonamides is 1. The van der Waals surface area contributed by atoms with Gasteiger partial charge in [-0.2, -0.15) is 13.2 Å². The Kier molecular flexibility index (Phi) is 6.15. The van der Waals surface area contributed by atoms with Crippen molar-refractivity contribution in [2.45, 2.75) is 31.5 Å². The molecule has 1 amide bonds. The molecule has 0 unspecified atom stereocenters. The van der Waals surface area contributed by atoms with Gasteiger partial charge in [0, 0.05) is 25.7 Å². The fourth-order valence-electron chi connectivity index (χ4n) is 2.45. The van der Waals surface area contributed by atoms with E-state index in [1.54, 1.807) is 17.0 Å². The monoisotopic (exact) mass is 400 g/mol. The molecule has 0 saturated heterocycles. The maximum Gasteiger partial charge on any atom is 0.416 e. The van der Waals surface area contributed by atoms with E-state index < -0.39 is 26.7 Å². The third-order valence-corrected chi connectivity index (χ3v) is 5.23. The van der Waals surface area contributed by atoms with Crippen molar-refractivity contribution < 1.29 is 26.4 Å². The normalized spacial score (nSPS) is 11.9. The largest absolute Gasteiger partial charge is 0.416 e. The van der Waals surface area contributed by atoms with Crippen molar-refractivity contribution in [3.05, 3.63) is 59.7 Å². The molecule has 0 aliphatic heterocycles. The second kappa shape index (κ2) is 7.99. The second-order valence-corrected chi connectivity index (χ2v) is 7.55. The highest BCUT2D eigenvalue weighted by Gasteiger charge is 2.31. The molecule has 27 heavy (non-hydrogen) atoms. The van der Waals surface area contributed by atoms with Crippen LogP contribution in [0.3, 0.4) is 0 Å². The number of nitrogens with one attached hydrogen (secondary N) is 1. The van der Waals surface area contributed by atoms with Crippen LogP contribution in [0.25, 0.3) is 0 Å². The van der Waals surface area contributed by atoms with E-state index in [0.29, 0.717) is 24.7 Å². The molecule has 0 bridgehead atoms. The van der Waals surface area contributed by atoms with Gasteiger partial charge in [-0.05, 0) is 42.8 Å². The zero-order valence-corrected chi connectivity index (χ0v) is 15.6. The molecule has 0 spiro atoms. The Bertz CT molecular complexity index is 927. The molecule has 1 N–H and O–H groups in total. The highest BCUT2D eigenvalue weighted by atomic mass is 32.2. The molecule has 0 atom stereocenters. The molecule has 2 aromatic rings. The fourth-order valence-corrected chi connectivity index (χ4v) is 3.55. The third-order valence-electron chi connectivity index (χ3n) is 3.85. The van der Waals surface area contributed by atoms with Crippen LogP contribution < -0.4 is 4.72 Å². The Balaban J connectivity index is 2.26. The molecule has 0 aromatic heterocycles. The van der Waals surface area contributed by atoms with Gasteiger partial charge < -0.3 is 4.90 Å². The average Bonchev–Trinajstić information content (AvgIpc) is 2.58. The van der Waals surface area contributed by atoms with Crippen molar-refractivity contribution in [2.75, 3.05) is 11.3 Å². The summed E-state index contributed by atoms with van der Waals surface area (Å²) in [6, 6.07) is 9.88. The van der Waals surface area contributed by atoms with Crippen LogP contribution in [0.1, 0.15) is 25.0 Å². The molecular formula is C18H19F3N2O3S. The van der Waals surface area contributed by atoms with Crippen LogP contribution in [-0.4, -0.2) is 25.8 Å². The number of nitrogens with zero attached hydrogens (tertiary/aromatic N) is 1. The van der Waals surface area contributed by atoms with Crippen molar-refractivity contribution in [1.29, 1.82) is 0 Å². The average molecular weight is 400 g/mol. The summed E-state index contributed by atoms with van der Waals surface area (Å²) in [6.07, 6.45) is -4.64. The van der Waals surface area contributed by atoms with Gasteiger partial charge in [-0.1, -0.05) is 18.2 Å². The van der Waals surface area contributed by atoms with E-state index in [-0.39, 0.29) is 11.6 Å². The lowest BCUT2D eigenvalue weighted by atomic mass is 10.2. The fraction of sp³-hybridized carbons (Fsp3) is 0.278. The highest BCUT2D eigenvalue weighted by molar-refractivity contribution is 7.92. The summed E-state index contributed by atoms with van der Waals surface area (Å²) in [5, 5.41) is 0. The first-order valence-corrected chi connectivity index (χ1v) is 9.56. The lowest BCUT2D eigenvalue weighted by molar-refractivity contribution is -0.137. The van der Waals surface area contributed by atoms with Gasteiger partial charge in [0.25, 0.3) is 10.0 Å². The summed E-state index contributed by atoms with van der Waals surface area (Å²) >= 11 is 0. The zero-order chi connectivity index (χ0) is 20.2. The van der Waals surface area contributed by atoms with E-state index in [2.05, 4.69) is 4.72 Å². The van der Waals surface area contributed by atoms with Gasteiger partial charge in [-0.25, -0.2) is 8.42 Å². The molecule has 5 nitrogen and oxygen atoms in total. The molecule has 9 heteroatoms. The summed E-state index contributed by atoms with van der Waals surface area (Å²) in [4.78, 5) is 12.6. The topological polar surface area (TPSA) is 66.5 Å². The van der Waals surface area contributed by atoms with E-state index in [0.717, 1.165) is 18.2 Å². The van der Waals surface area contributed by atoms with E-state index >= 15 is 0 Å². The Morgan fingerprint density at radius 1 is 1.11 bits per heavy atom. The Labute approximate surface area is 155 Å². The Hall–Kier alpha value is -2.55. The van der Waals surface area contributed by atoms with Crippen LogP contribution in [0, 0.1) is 0 Å². The molecular weight excluding hydrogens is 381 g/mol. The molecule has 0 aliphatic carbocycles. The molecule has 0 saturated carbocycles. The number of benzene rings is 2. The van der Waals surface area contributed by atoms with E-state index in [4.69, 9.17) is 0 Å². The Morgan fingerprint density at radius 2 is 1.78 bits per heavy atom. The smallest absolute Gasteiger partial charge is 0.339 e. The van der Waals surface area contributed by atoms with Crippen LogP contribution in [0.4, 0.5) is 18.9 Å². The standard InChI is InChI=1S/C18H19F3N2O3S/c1-3-23(13(2)24)12-14-6-4-8-16(10-14)22-27(25,26)17-9-5-7-15(11-17)18(19,20)21/h4-11,22H,3,12H2,1-2H3. The molecule has 2 rings (SSSR count). The van der Waals surface area contributed by atoms with Crippen molar-refractivity contribution in [1.82, 2.24) is 4.90 Å². The SMILES string of the molecule is CCN(Cc1cccc(NS(=O)(=O)c2cccc(C(F)(F)F)c2)c1)C(C)=O. The summed E-state index contributed by atoms with van der Waals surface area (Å²) in [5.41, 5.74) is -0.153. The number of carbonyl (C=O) groups is 1. The zero-order valence-electron chi connectivity index (χ0n) is 14.7. The first-order valence-electron chi connectivity index (χ1n) is 8.07. The molecule has 0 fully saturated rings. The summed E-state index contributed by atoms with van der Waals surface area (Å²) < 4.78 is 65.6. The summed E-state index contributed by atoms with van der Waals surface area (Å²) in [5.74, 6) is -0.118. The van der Waals surface area contributed by atoms with Gasteiger partial charge in [0.05, 0.1) is 10.5 Å². The number of amides is 1. The predicted octanol–water partition coefficient (Wildman–Crippen LogP) is 3.87. The minimum absolute atomic E-state index is 0.118. The molecule has 146 valence electrons. The highest BCUT2D eigenvalue weighted by Crippen LogP contribution is 2.31. The number of halogens is 3. The first kappa shape index (κ1) is 20.8. The molecule has 2 aromatic carbocycles. The number of hydrogen-bond acceptors (Lipinski definition) is 3. The lowest BCUT2D eigenvalue weighted by Gasteiger charge is -2.19. The predicted molar refractivity (Wildman–Crippen MR) is 95.5 cm³/mol. The summed E-state index contributed by atoms with van der Waals surface area (Å²) in [6.45, 7) is 4.05. The van der Waals surface area contributed by atoms with Gasteiger partial charge >= 0.3 is 6.18 Å². The number of rotatable bonds is 6. The van der Waals surface area contributed by atoms with Gasteiger partial charge in [-0.3, -0.25) is 9.52 Å². The maximum absolute atomic E-state index is 12.8. The van der Waals surface area contributed by atoms with Crippen LogP contribution in [0.5, 0.6) is 0 Å². The minimum Gasteiger partial charge on any atom is -0.339 e. The van der Waals surface area contributed by atoms with Crippen LogP contribution in [0.15, 0.2) is 53.4 Å². The van der Waals surface area contributed by atoms with E-state index in [9.17, 15) is 26.4 Å². The first-order chi connectivity index (χ1) is 12.5. The van der Waals surface area contributed by atoms with Gasteiger partial charge in [0.1, 0.15) is 0 Å².